The predicted octanol–water partition coefficient (Wildman–Crippen LogP) is 3.79. The van der Waals surface area contributed by atoms with Crippen molar-refractivity contribution in [3.05, 3.63) is 76.8 Å². The Labute approximate surface area is 199 Å². The van der Waals surface area contributed by atoms with Crippen molar-refractivity contribution in [2.75, 3.05) is 13.2 Å². The first kappa shape index (κ1) is 23.4. The van der Waals surface area contributed by atoms with Crippen LogP contribution in [-0.2, 0) is 12.5 Å². The van der Waals surface area contributed by atoms with Gasteiger partial charge in [-0.3, -0.25) is 4.79 Å². The van der Waals surface area contributed by atoms with E-state index in [9.17, 15) is 9.18 Å². The summed E-state index contributed by atoms with van der Waals surface area (Å²) in [5.74, 6) is -0.457. The molecule has 0 spiro atoms. The fraction of sp³-hybridized carbons (Fsp3) is 0.261. The molecule has 1 aromatic carbocycles. The van der Waals surface area contributed by atoms with Gasteiger partial charge in [-0.05, 0) is 50.2 Å². The third-order valence-corrected chi connectivity index (χ3v) is 5.58. The largest absolute Gasteiger partial charge is 0.478 e. The van der Waals surface area contributed by atoms with Crippen molar-refractivity contribution < 1.29 is 18.4 Å². The molecule has 3 heterocycles. The normalized spacial score (nSPS) is 12.9. The Bertz CT molecular complexity index is 1310. The van der Waals surface area contributed by atoms with Crippen molar-refractivity contribution in [1.29, 1.82) is 0 Å². The van der Waals surface area contributed by atoms with E-state index >= 15 is 0 Å². The monoisotopic (exact) mass is 484 g/mol. The molecule has 11 heteroatoms. The van der Waals surface area contributed by atoms with Crippen LogP contribution in [0, 0.1) is 5.82 Å². The molecule has 34 heavy (non-hydrogen) atoms. The number of halogens is 2. The minimum atomic E-state index is -0.848. The summed E-state index contributed by atoms with van der Waals surface area (Å²) in [6.07, 6.45) is 1.68. The number of amides is 1. The molecule has 0 aliphatic heterocycles. The predicted molar refractivity (Wildman–Crippen MR) is 122 cm³/mol. The Morgan fingerprint density at radius 1 is 1.24 bits per heavy atom. The minimum Gasteiger partial charge on any atom is -0.478 e. The lowest BCUT2D eigenvalue weighted by Gasteiger charge is -2.29. The van der Waals surface area contributed by atoms with Gasteiger partial charge in [-0.1, -0.05) is 22.8 Å². The molecule has 0 fully saturated rings. The molecular weight excluding hydrogens is 463 g/mol. The highest BCUT2D eigenvalue weighted by Crippen LogP contribution is 2.36. The van der Waals surface area contributed by atoms with E-state index in [2.05, 4.69) is 25.5 Å². The van der Waals surface area contributed by atoms with Gasteiger partial charge < -0.3 is 14.6 Å². The van der Waals surface area contributed by atoms with Gasteiger partial charge in [0.2, 0.25) is 11.7 Å². The SMILES string of the molecule is CCOc1c(C(C)(CNC(=O)c2nc(-c3ccc(F)cc3)no2)c2cccc(Cl)n2)cnn1C. The number of hydrogen-bond acceptors (Lipinski definition) is 7. The molecule has 0 saturated heterocycles. The third kappa shape index (κ3) is 4.62. The quantitative estimate of drug-likeness (QED) is 0.379. The first-order valence-electron chi connectivity index (χ1n) is 10.5. The first-order chi connectivity index (χ1) is 16.3. The van der Waals surface area contributed by atoms with E-state index in [0.717, 1.165) is 5.56 Å². The molecule has 1 amide bonds. The minimum absolute atomic E-state index is 0.110. The smallest absolute Gasteiger partial charge is 0.316 e. The van der Waals surface area contributed by atoms with Crippen LogP contribution in [0.5, 0.6) is 5.88 Å². The standard InChI is InChI=1S/C23H22ClFN6O3/c1-4-33-22-16(12-27-31(22)3)23(2,17-6-5-7-18(24)28-17)13-26-20(32)21-29-19(30-34-21)14-8-10-15(25)11-9-14/h5-12H,4,13H2,1-3H3,(H,26,32). The van der Waals surface area contributed by atoms with E-state index in [1.807, 2.05) is 19.9 Å². The van der Waals surface area contributed by atoms with Gasteiger partial charge in [0.15, 0.2) is 0 Å². The molecule has 176 valence electrons. The molecule has 1 N–H and O–H groups in total. The summed E-state index contributed by atoms with van der Waals surface area (Å²) in [5.41, 5.74) is 1.02. The van der Waals surface area contributed by atoms with Crippen LogP contribution in [0.4, 0.5) is 4.39 Å². The second-order valence-electron chi connectivity index (χ2n) is 7.71. The highest BCUT2D eigenvalue weighted by atomic mass is 35.5. The highest BCUT2D eigenvalue weighted by Gasteiger charge is 2.37. The number of aryl methyl sites for hydroxylation is 1. The van der Waals surface area contributed by atoms with Crippen LogP contribution in [0.2, 0.25) is 5.15 Å². The number of aromatic nitrogens is 5. The maximum absolute atomic E-state index is 13.2. The number of nitrogens with one attached hydrogen (secondary N) is 1. The van der Waals surface area contributed by atoms with E-state index in [4.69, 9.17) is 20.9 Å². The average Bonchev–Trinajstić information content (AvgIpc) is 3.46. The molecule has 0 aliphatic rings. The van der Waals surface area contributed by atoms with Gasteiger partial charge in [0, 0.05) is 24.7 Å². The molecule has 4 aromatic rings. The first-order valence-corrected chi connectivity index (χ1v) is 10.9. The summed E-state index contributed by atoms with van der Waals surface area (Å²) in [5, 5.41) is 11.3. The molecule has 1 atom stereocenters. The van der Waals surface area contributed by atoms with Crippen molar-refractivity contribution >= 4 is 17.5 Å². The number of benzene rings is 1. The lowest BCUT2D eigenvalue weighted by atomic mass is 9.80. The van der Waals surface area contributed by atoms with Gasteiger partial charge in [-0.15, -0.1) is 0 Å². The number of carbonyl (C=O) groups is 1. The van der Waals surface area contributed by atoms with E-state index in [0.29, 0.717) is 28.9 Å². The van der Waals surface area contributed by atoms with Crippen LogP contribution >= 0.6 is 11.6 Å². The second-order valence-corrected chi connectivity index (χ2v) is 8.10. The maximum Gasteiger partial charge on any atom is 0.316 e. The Balaban J connectivity index is 1.62. The Hall–Kier alpha value is -3.79. The van der Waals surface area contributed by atoms with Crippen molar-refractivity contribution in [2.45, 2.75) is 19.3 Å². The Morgan fingerprint density at radius 3 is 2.71 bits per heavy atom. The Morgan fingerprint density at radius 2 is 2.00 bits per heavy atom. The number of rotatable bonds is 8. The van der Waals surface area contributed by atoms with Crippen LogP contribution in [0.15, 0.2) is 53.2 Å². The number of hydrogen-bond donors (Lipinski definition) is 1. The second kappa shape index (κ2) is 9.60. The fourth-order valence-electron chi connectivity index (χ4n) is 3.52. The molecule has 0 radical (unpaired) electrons. The zero-order chi connectivity index (χ0) is 24.3. The van der Waals surface area contributed by atoms with Gasteiger partial charge in [0.05, 0.1) is 23.9 Å². The van der Waals surface area contributed by atoms with E-state index in [1.165, 1.54) is 24.3 Å². The molecule has 0 bridgehead atoms. The Kier molecular flexibility index (Phi) is 6.60. The molecule has 0 aliphatic carbocycles. The molecule has 4 rings (SSSR count). The molecular formula is C23H22ClFN6O3. The van der Waals surface area contributed by atoms with Gasteiger partial charge in [0.25, 0.3) is 0 Å². The van der Waals surface area contributed by atoms with Crippen molar-refractivity contribution in [2.24, 2.45) is 7.05 Å². The van der Waals surface area contributed by atoms with Crippen molar-refractivity contribution in [1.82, 2.24) is 30.2 Å². The van der Waals surface area contributed by atoms with Crippen molar-refractivity contribution in [3.8, 4) is 17.3 Å². The number of ether oxygens (including phenoxy) is 1. The maximum atomic E-state index is 13.2. The topological polar surface area (TPSA) is 108 Å². The number of carbonyl (C=O) groups excluding carboxylic acids is 1. The van der Waals surface area contributed by atoms with Crippen LogP contribution in [0.3, 0.4) is 0 Å². The lowest BCUT2D eigenvalue weighted by molar-refractivity contribution is 0.0902. The lowest BCUT2D eigenvalue weighted by Crippen LogP contribution is -2.40. The summed E-state index contributed by atoms with van der Waals surface area (Å²) in [7, 11) is 1.77. The summed E-state index contributed by atoms with van der Waals surface area (Å²) < 4.78 is 25.7. The van der Waals surface area contributed by atoms with Crippen LogP contribution in [0.25, 0.3) is 11.4 Å². The van der Waals surface area contributed by atoms with E-state index < -0.39 is 11.3 Å². The van der Waals surface area contributed by atoms with Gasteiger partial charge in [-0.2, -0.15) is 10.1 Å². The summed E-state index contributed by atoms with van der Waals surface area (Å²) in [6, 6.07) is 10.8. The summed E-state index contributed by atoms with van der Waals surface area (Å²) >= 11 is 6.17. The highest BCUT2D eigenvalue weighted by molar-refractivity contribution is 6.29. The van der Waals surface area contributed by atoms with E-state index in [1.54, 1.807) is 30.1 Å². The number of nitrogens with zero attached hydrogens (tertiary/aromatic N) is 5. The van der Waals surface area contributed by atoms with Crippen LogP contribution < -0.4 is 10.1 Å². The number of pyridine rings is 1. The molecule has 0 saturated carbocycles. The average molecular weight is 485 g/mol. The summed E-state index contributed by atoms with van der Waals surface area (Å²) in [6.45, 7) is 4.33. The van der Waals surface area contributed by atoms with Gasteiger partial charge in [-0.25, -0.2) is 14.1 Å². The van der Waals surface area contributed by atoms with Crippen LogP contribution in [-0.4, -0.2) is 44.0 Å². The molecule has 1 unspecified atom stereocenters. The third-order valence-electron chi connectivity index (χ3n) is 5.37. The van der Waals surface area contributed by atoms with Crippen molar-refractivity contribution in [3.63, 3.8) is 0 Å². The van der Waals surface area contributed by atoms with Crippen LogP contribution in [0.1, 0.15) is 35.8 Å². The zero-order valence-electron chi connectivity index (χ0n) is 18.7. The van der Waals surface area contributed by atoms with Gasteiger partial charge in [0.1, 0.15) is 11.0 Å². The molecule has 3 aromatic heterocycles. The van der Waals surface area contributed by atoms with E-state index in [-0.39, 0.29) is 24.1 Å². The van der Waals surface area contributed by atoms with Gasteiger partial charge >= 0.3 is 11.8 Å². The molecule has 9 nitrogen and oxygen atoms in total. The fourth-order valence-corrected chi connectivity index (χ4v) is 3.68. The summed E-state index contributed by atoms with van der Waals surface area (Å²) in [4.78, 5) is 21.5. The zero-order valence-corrected chi connectivity index (χ0v) is 19.5.